The van der Waals surface area contributed by atoms with Crippen LogP contribution >= 0.6 is 11.8 Å². The van der Waals surface area contributed by atoms with Crippen LogP contribution in [0.1, 0.15) is 36.6 Å². The van der Waals surface area contributed by atoms with Crippen molar-refractivity contribution in [2.24, 2.45) is 0 Å². The first-order chi connectivity index (χ1) is 7.52. The van der Waals surface area contributed by atoms with E-state index in [1.807, 2.05) is 11.8 Å². The van der Waals surface area contributed by atoms with Crippen molar-refractivity contribution in [3.05, 3.63) is 34.9 Å². The molecule has 90 valence electrons. The lowest BCUT2D eigenvalue weighted by Gasteiger charge is -2.18. The predicted molar refractivity (Wildman–Crippen MR) is 75.3 cm³/mol. The molecule has 0 amide bonds. The third-order valence-electron chi connectivity index (χ3n) is 2.86. The monoisotopic (exact) mass is 237 g/mol. The molecule has 0 bridgehead atoms. The maximum Gasteiger partial charge on any atom is 0.0292 e. The molecule has 0 saturated heterocycles. The van der Waals surface area contributed by atoms with E-state index in [-0.39, 0.29) is 0 Å². The minimum Gasteiger partial charge on any atom is -0.309 e. The zero-order valence-corrected chi connectivity index (χ0v) is 11.8. The standard InChI is InChI=1S/C14H23NS/c1-10-6-11(2)8-14(7-10)13(4)15-9-12(3)16-5/h6-8,12-13,15H,9H2,1-5H3. The summed E-state index contributed by atoms with van der Waals surface area (Å²) in [5.41, 5.74) is 4.09. The highest BCUT2D eigenvalue weighted by molar-refractivity contribution is 7.99. The van der Waals surface area contributed by atoms with Gasteiger partial charge in [-0.25, -0.2) is 0 Å². The van der Waals surface area contributed by atoms with E-state index in [1.54, 1.807) is 0 Å². The molecule has 1 N–H and O–H groups in total. The Morgan fingerprint density at radius 2 is 1.69 bits per heavy atom. The molecule has 16 heavy (non-hydrogen) atoms. The summed E-state index contributed by atoms with van der Waals surface area (Å²) >= 11 is 1.91. The quantitative estimate of drug-likeness (QED) is 0.838. The van der Waals surface area contributed by atoms with E-state index < -0.39 is 0 Å². The van der Waals surface area contributed by atoms with Crippen LogP contribution in [0, 0.1) is 13.8 Å². The number of rotatable bonds is 5. The molecule has 2 unspecified atom stereocenters. The van der Waals surface area contributed by atoms with E-state index in [9.17, 15) is 0 Å². The molecule has 1 aromatic carbocycles. The zero-order chi connectivity index (χ0) is 12.1. The van der Waals surface area contributed by atoms with Gasteiger partial charge in [-0.2, -0.15) is 11.8 Å². The fraction of sp³-hybridized carbons (Fsp3) is 0.571. The minimum atomic E-state index is 0.438. The number of benzene rings is 1. The van der Waals surface area contributed by atoms with Crippen molar-refractivity contribution in [3.8, 4) is 0 Å². The Hall–Kier alpha value is -0.470. The van der Waals surface area contributed by atoms with Crippen molar-refractivity contribution >= 4 is 11.8 Å². The Morgan fingerprint density at radius 3 is 2.19 bits per heavy atom. The topological polar surface area (TPSA) is 12.0 Å². The fourth-order valence-electron chi connectivity index (χ4n) is 1.80. The van der Waals surface area contributed by atoms with E-state index in [2.05, 4.69) is 57.5 Å². The lowest BCUT2D eigenvalue weighted by atomic mass is 10.0. The van der Waals surface area contributed by atoms with Crippen molar-refractivity contribution in [2.75, 3.05) is 12.8 Å². The summed E-state index contributed by atoms with van der Waals surface area (Å²) in [6, 6.07) is 7.21. The maximum atomic E-state index is 3.58. The second kappa shape index (κ2) is 6.31. The zero-order valence-electron chi connectivity index (χ0n) is 11.0. The van der Waals surface area contributed by atoms with E-state index in [1.165, 1.54) is 16.7 Å². The van der Waals surface area contributed by atoms with Crippen LogP contribution in [0.15, 0.2) is 18.2 Å². The van der Waals surface area contributed by atoms with Crippen molar-refractivity contribution in [2.45, 2.75) is 39.0 Å². The smallest absolute Gasteiger partial charge is 0.0292 e. The molecule has 2 heteroatoms. The molecule has 2 atom stereocenters. The molecule has 0 radical (unpaired) electrons. The first kappa shape index (κ1) is 13.6. The fourth-order valence-corrected chi connectivity index (χ4v) is 2.07. The third-order valence-corrected chi connectivity index (χ3v) is 3.83. The van der Waals surface area contributed by atoms with Gasteiger partial charge in [0.1, 0.15) is 0 Å². The second-order valence-corrected chi connectivity index (χ2v) is 5.87. The highest BCUT2D eigenvalue weighted by Gasteiger charge is 2.07. The van der Waals surface area contributed by atoms with Crippen molar-refractivity contribution in [3.63, 3.8) is 0 Å². The minimum absolute atomic E-state index is 0.438. The van der Waals surface area contributed by atoms with E-state index >= 15 is 0 Å². The van der Waals surface area contributed by atoms with Crippen LogP contribution in [0.4, 0.5) is 0 Å². The summed E-state index contributed by atoms with van der Waals surface area (Å²) in [4.78, 5) is 0. The van der Waals surface area contributed by atoms with Crippen LogP contribution in [-0.4, -0.2) is 18.1 Å². The summed E-state index contributed by atoms with van der Waals surface area (Å²) in [7, 11) is 0. The second-order valence-electron chi connectivity index (χ2n) is 4.60. The molecule has 0 spiro atoms. The van der Waals surface area contributed by atoms with Crippen LogP contribution in [0.25, 0.3) is 0 Å². The number of hydrogen-bond acceptors (Lipinski definition) is 2. The lowest BCUT2D eigenvalue weighted by Crippen LogP contribution is -2.25. The Bertz CT molecular complexity index is 315. The van der Waals surface area contributed by atoms with Gasteiger partial charge >= 0.3 is 0 Å². The molecule has 0 aliphatic rings. The number of hydrogen-bond donors (Lipinski definition) is 1. The first-order valence-corrected chi connectivity index (χ1v) is 7.16. The average molecular weight is 237 g/mol. The average Bonchev–Trinajstić information content (AvgIpc) is 2.23. The summed E-state index contributed by atoms with van der Waals surface area (Å²) < 4.78 is 0. The van der Waals surface area contributed by atoms with Gasteiger partial charge in [0.25, 0.3) is 0 Å². The van der Waals surface area contributed by atoms with Gasteiger partial charge < -0.3 is 5.32 Å². The molecule has 0 aliphatic heterocycles. The molecular weight excluding hydrogens is 214 g/mol. The number of aryl methyl sites for hydroxylation is 2. The molecule has 0 fully saturated rings. The van der Waals surface area contributed by atoms with E-state index in [0.29, 0.717) is 11.3 Å². The van der Waals surface area contributed by atoms with E-state index in [4.69, 9.17) is 0 Å². The SMILES string of the molecule is CSC(C)CNC(C)c1cc(C)cc(C)c1. The van der Waals surface area contributed by atoms with Crippen LogP contribution in [0.3, 0.4) is 0 Å². The Labute approximate surface area is 104 Å². The van der Waals surface area contributed by atoms with Gasteiger partial charge in [0.2, 0.25) is 0 Å². The molecule has 1 aromatic rings. The summed E-state index contributed by atoms with van der Waals surface area (Å²) in [6.45, 7) is 9.88. The summed E-state index contributed by atoms with van der Waals surface area (Å²) in [5.74, 6) is 0. The molecule has 0 saturated carbocycles. The summed E-state index contributed by atoms with van der Waals surface area (Å²) in [6.07, 6.45) is 2.16. The Morgan fingerprint density at radius 1 is 1.12 bits per heavy atom. The van der Waals surface area contributed by atoms with Gasteiger partial charge in [-0.3, -0.25) is 0 Å². The van der Waals surface area contributed by atoms with Gasteiger partial charge in [0, 0.05) is 17.8 Å². The Kier molecular flexibility index (Phi) is 5.36. The highest BCUT2D eigenvalue weighted by atomic mass is 32.2. The largest absolute Gasteiger partial charge is 0.309 e. The van der Waals surface area contributed by atoms with Crippen molar-refractivity contribution in [1.29, 1.82) is 0 Å². The maximum absolute atomic E-state index is 3.58. The lowest BCUT2D eigenvalue weighted by molar-refractivity contribution is 0.575. The molecule has 0 aromatic heterocycles. The predicted octanol–water partition coefficient (Wildman–Crippen LogP) is 3.71. The van der Waals surface area contributed by atoms with Gasteiger partial charge in [0.15, 0.2) is 0 Å². The van der Waals surface area contributed by atoms with Crippen LogP contribution < -0.4 is 5.32 Å². The summed E-state index contributed by atoms with van der Waals surface area (Å²) in [5, 5.41) is 4.26. The molecule has 1 nitrogen and oxygen atoms in total. The van der Waals surface area contributed by atoms with Crippen molar-refractivity contribution in [1.82, 2.24) is 5.32 Å². The third kappa shape index (κ3) is 4.18. The first-order valence-electron chi connectivity index (χ1n) is 5.87. The van der Waals surface area contributed by atoms with E-state index in [0.717, 1.165) is 6.54 Å². The van der Waals surface area contributed by atoms with Gasteiger partial charge in [-0.1, -0.05) is 36.2 Å². The number of nitrogens with one attached hydrogen (secondary N) is 1. The molecule has 0 heterocycles. The highest BCUT2D eigenvalue weighted by Crippen LogP contribution is 2.17. The molecule has 1 rings (SSSR count). The van der Waals surface area contributed by atoms with Crippen LogP contribution in [0.2, 0.25) is 0 Å². The van der Waals surface area contributed by atoms with Gasteiger partial charge in [-0.05, 0) is 32.6 Å². The van der Waals surface area contributed by atoms with Crippen LogP contribution in [-0.2, 0) is 0 Å². The van der Waals surface area contributed by atoms with Crippen molar-refractivity contribution < 1.29 is 0 Å². The Balaban J connectivity index is 2.62. The van der Waals surface area contributed by atoms with Gasteiger partial charge in [0.05, 0.1) is 0 Å². The van der Waals surface area contributed by atoms with Crippen LogP contribution in [0.5, 0.6) is 0 Å². The normalized spacial score (nSPS) is 14.8. The number of thioether (sulfide) groups is 1. The molecule has 0 aliphatic carbocycles. The van der Waals surface area contributed by atoms with Gasteiger partial charge in [-0.15, -0.1) is 0 Å². The molecular formula is C14H23NS.